The first-order valence-electron chi connectivity index (χ1n) is 8.58. The summed E-state index contributed by atoms with van der Waals surface area (Å²) in [5.74, 6) is -0.291. The van der Waals surface area contributed by atoms with Gasteiger partial charge in [0.05, 0.1) is 6.26 Å². The summed E-state index contributed by atoms with van der Waals surface area (Å²) >= 11 is 0. The standard InChI is InChI=1S/C20H24N2O4S/c1-14-7-8-17(11-15(14)2)19(23)9-10-20(24)21-13-16-5-4-6-18(12-16)22-27(3,25)26/h4-8,11-12,22H,9-10,13H2,1-3H3,(H,21,24). The molecule has 1 amide bonds. The molecule has 2 N–H and O–H groups in total. The lowest BCUT2D eigenvalue weighted by Crippen LogP contribution is -2.23. The Morgan fingerprint density at radius 1 is 0.963 bits per heavy atom. The summed E-state index contributed by atoms with van der Waals surface area (Å²) in [6, 6.07) is 12.3. The maximum atomic E-state index is 12.2. The van der Waals surface area contributed by atoms with Crippen molar-refractivity contribution >= 4 is 27.4 Å². The van der Waals surface area contributed by atoms with Gasteiger partial charge in [0.25, 0.3) is 0 Å². The Morgan fingerprint density at radius 3 is 2.37 bits per heavy atom. The monoisotopic (exact) mass is 388 g/mol. The number of benzene rings is 2. The van der Waals surface area contributed by atoms with Crippen molar-refractivity contribution in [3.05, 3.63) is 64.7 Å². The molecule has 0 atom stereocenters. The Bertz CT molecular complexity index is 952. The third-order valence-electron chi connectivity index (χ3n) is 4.13. The fourth-order valence-electron chi connectivity index (χ4n) is 2.53. The van der Waals surface area contributed by atoms with Gasteiger partial charge in [-0.15, -0.1) is 0 Å². The molecule has 0 aliphatic carbocycles. The molecule has 0 radical (unpaired) electrons. The summed E-state index contributed by atoms with van der Waals surface area (Å²) in [7, 11) is -3.35. The highest BCUT2D eigenvalue weighted by molar-refractivity contribution is 7.92. The van der Waals surface area contributed by atoms with Crippen LogP contribution in [0.4, 0.5) is 5.69 Å². The molecule has 0 aliphatic rings. The number of amides is 1. The quantitative estimate of drug-likeness (QED) is 0.680. The molecular formula is C20H24N2O4S. The summed E-state index contributed by atoms with van der Waals surface area (Å²) in [5.41, 5.74) is 3.99. The molecule has 6 nitrogen and oxygen atoms in total. The van der Waals surface area contributed by atoms with Gasteiger partial charge in [0.15, 0.2) is 5.78 Å². The fraction of sp³-hybridized carbons (Fsp3) is 0.300. The smallest absolute Gasteiger partial charge is 0.229 e. The SMILES string of the molecule is Cc1ccc(C(=O)CCC(=O)NCc2cccc(NS(C)(=O)=O)c2)cc1C. The first-order chi connectivity index (χ1) is 12.6. The predicted octanol–water partition coefficient (Wildman–Crippen LogP) is 2.95. The summed E-state index contributed by atoms with van der Waals surface area (Å²) < 4.78 is 24.9. The highest BCUT2D eigenvalue weighted by Gasteiger charge is 2.10. The Balaban J connectivity index is 1.85. The Hall–Kier alpha value is -2.67. The molecule has 0 fully saturated rings. The average molecular weight is 388 g/mol. The molecule has 2 rings (SSSR count). The molecule has 2 aromatic rings. The number of sulfonamides is 1. The van der Waals surface area contributed by atoms with Crippen molar-refractivity contribution in [2.45, 2.75) is 33.2 Å². The largest absolute Gasteiger partial charge is 0.352 e. The third kappa shape index (κ3) is 6.86. The molecule has 7 heteroatoms. The van der Waals surface area contributed by atoms with Crippen LogP contribution in [0.5, 0.6) is 0 Å². The van der Waals surface area contributed by atoms with Gasteiger partial charge in [-0.05, 0) is 48.7 Å². The maximum absolute atomic E-state index is 12.2. The van der Waals surface area contributed by atoms with E-state index in [0.717, 1.165) is 22.9 Å². The van der Waals surface area contributed by atoms with Crippen LogP contribution < -0.4 is 10.0 Å². The van der Waals surface area contributed by atoms with Gasteiger partial charge in [-0.1, -0.05) is 24.3 Å². The number of anilines is 1. The molecule has 0 heterocycles. The van der Waals surface area contributed by atoms with Gasteiger partial charge >= 0.3 is 0 Å². The van der Waals surface area contributed by atoms with Crippen molar-refractivity contribution in [2.75, 3.05) is 11.0 Å². The maximum Gasteiger partial charge on any atom is 0.229 e. The fourth-order valence-corrected chi connectivity index (χ4v) is 3.09. The lowest BCUT2D eigenvalue weighted by atomic mass is 10.0. The van der Waals surface area contributed by atoms with Gasteiger partial charge in [-0.2, -0.15) is 0 Å². The Labute approximate surface area is 160 Å². The van der Waals surface area contributed by atoms with Crippen LogP contribution in [-0.4, -0.2) is 26.4 Å². The molecule has 2 aromatic carbocycles. The van der Waals surface area contributed by atoms with E-state index in [1.807, 2.05) is 26.0 Å². The number of ketones is 1. The minimum atomic E-state index is -3.35. The van der Waals surface area contributed by atoms with E-state index in [1.165, 1.54) is 0 Å². The summed E-state index contributed by atoms with van der Waals surface area (Å²) in [6.45, 7) is 4.19. The van der Waals surface area contributed by atoms with Crippen LogP contribution in [-0.2, 0) is 21.4 Å². The second kappa shape index (κ2) is 8.81. The average Bonchev–Trinajstić information content (AvgIpc) is 2.59. The minimum Gasteiger partial charge on any atom is -0.352 e. The van der Waals surface area contributed by atoms with Crippen molar-refractivity contribution in [3.63, 3.8) is 0 Å². The van der Waals surface area contributed by atoms with E-state index in [-0.39, 0.29) is 31.1 Å². The predicted molar refractivity (Wildman–Crippen MR) is 106 cm³/mol. The Morgan fingerprint density at radius 2 is 1.70 bits per heavy atom. The molecular weight excluding hydrogens is 364 g/mol. The van der Waals surface area contributed by atoms with E-state index in [9.17, 15) is 18.0 Å². The van der Waals surface area contributed by atoms with Crippen LogP contribution in [0, 0.1) is 13.8 Å². The van der Waals surface area contributed by atoms with E-state index in [0.29, 0.717) is 11.3 Å². The number of aryl methyl sites for hydroxylation is 2. The molecule has 0 bridgehead atoms. The zero-order chi connectivity index (χ0) is 20.0. The summed E-state index contributed by atoms with van der Waals surface area (Å²) in [5, 5.41) is 2.75. The molecule has 0 aliphatic heterocycles. The van der Waals surface area contributed by atoms with Gasteiger partial charge in [-0.3, -0.25) is 14.3 Å². The second-order valence-corrected chi connectivity index (χ2v) is 8.32. The van der Waals surface area contributed by atoms with Crippen LogP contribution in [0.2, 0.25) is 0 Å². The third-order valence-corrected chi connectivity index (χ3v) is 4.73. The lowest BCUT2D eigenvalue weighted by molar-refractivity contribution is -0.121. The number of rotatable bonds is 8. The molecule has 27 heavy (non-hydrogen) atoms. The Kier molecular flexibility index (Phi) is 6.74. The summed E-state index contributed by atoms with van der Waals surface area (Å²) in [6.07, 6.45) is 1.32. The van der Waals surface area contributed by atoms with Crippen LogP contribution >= 0.6 is 0 Å². The van der Waals surface area contributed by atoms with E-state index in [2.05, 4.69) is 10.0 Å². The van der Waals surface area contributed by atoms with Crippen molar-refractivity contribution < 1.29 is 18.0 Å². The molecule has 0 saturated heterocycles. The molecule has 0 unspecified atom stereocenters. The van der Waals surface area contributed by atoms with Crippen LogP contribution in [0.1, 0.15) is 39.9 Å². The molecule has 0 aromatic heterocycles. The van der Waals surface area contributed by atoms with E-state index in [4.69, 9.17) is 0 Å². The number of Topliss-reactive ketones (excluding diaryl/α,β-unsaturated/α-hetero) is 1. The van der Waals surface area contributed by atoms with Crippen molar-refractivity contribution in [1.82, 2.24) is 5.32 Å². The van der Waals surface area contributed by atoms with Gasteiger partial charge in [0, 0.05) is 30.6 Å². The zero-order valence-electron chi connectivity index (χ0n) is 15.7. The first kappa shape index (κ1) is 20.6. The zero-order valence-corrected chi connectivity index (χ0v) is 16.5. The van der Waals surface area contributed by atoms with E-state index < -0.39 is 10.0 Å². The van der Waals surface area contributed by atoms with Crippen LogP contribution in [0.3, 0.4) is 0 Å². The van der Waals surface area contributed by atoms with Gasteiger partial charge in [0.2, 0.25) is 15.9 Å². The summed E-state index contributed by atoms with van der Waals surface area (Å²) in [4.78, 5) is 24.2. The van der Waals surface area contributed by atoms with Crippen molar-refractivity contribution in [1.29, 1.82) is 0 Å². The van der Waals surface area contributed by atoms with Gasteiger partial charge < -0.3 is 5.32 Å². The molecule has 0 saturated carbocycles. The number of carbonyl (C=O) groups is 2. The number of hydrogen-bond donors (Lipinski definition) is 2. The lowest BCUT2D eigenvalue weighted by Gasteiger charge is -2.08. The highest BCUT2D eigenvalue weighted by Crippen LogP contribution is 2.13. The van der Waals surface area contributed by atoms with Gasteiger partial charge in [0.1, 0.15) is 0 Å². The number of hydrogen-bond acceptors (Lipinski definition) is 4. The normalized spacial score (nSPS) is 11.1. The van der Waals surface area contributed by atoms with E-state index in [1.54, 1.807) is 30.3 Å². The van der Waals surface area contributed by atoms with Crippen LogP contribution in [0.25, 0.3) is 0 Å². The second-order valence-electron chi connectivity index (χ2n) is 6.57. The highest BCUT2D eigenvalue weighted by atomic mass is 32.2. The first-order valence-corrected chi connectivity index (χ1v) is 10.5. The number of nitrogens with one attached hydrogen (secondary N) is 2. The minimum absolute atomic E-state index is 0.0624. The van der Waals surface area contributed by atoms with Crippen molar-refractivity contribution in [3.8, 4) is 0 Å². The number of carbonyl (C=O) groups excluding carboxylic acids is 2. The topological polar surface area (TPSA) is 92.3 Å². The van der Waals surface area contributed by atoms with E-state index >= 15 is 0 Å². The van der Waals surface area contributed by atoms with Crippen molar-refractivity contribution in [2.24, 2.45) is 0 Å². The molecule has 144 valence electrons. The van der Waals surface area contributed by atoms with Gasteiger partial charge in [-0.25, -0.2) is 8.42 Å². The molecule has 0 spiro atoms. The van der Waals surface area contributed by atoms with Crippen LogP contribution in [0.15, 0.2) is 42.5 Å².